The lowest BCUT2D eigenvalue weighted by atomic mass is 10.1. The van der Waals surface area contributed by atoms with Crippen molar-refractivity contribution in [2.45, 2.75) is 12.6 Å². The van der Waals surface area contributed by atoms with Crippen LogP contribution in [0.2, 0.25) is 0 Å². The highest BCUT2D eigenvalue weighted by atomic mass is 16.5. The summed E-state index contributed by atoms with van der Waals surface area (Å²) >= 11 is 0. The minimum Gasteiger partial charge on any atom is -0.493 e. The number of aliphatic hydroxyl groups is 1. The van der Waals surface area contributed by atoms with Gasteiger partial charge in [0.2, 0.25) is 0 Å². The molecule has 2 aromatic carbocycles. The highest BCUT2D eigenvalue weighted by Crippen LogP contribution is 2.30. The summed E-state index contributed by atoms with van der Waals surface area (Å²) in [6.07, 6.45) is 0. The van der Waals surface area contributed by atoms with Gasteiger partial charge < -0.3 is 20.3 Å². The van der Waals surface area contributed by atoms with Crippen LogP contribution in [-0.2, 0) is 6.61 Å². The van der Waals surface area contributed by atoms with Crippen LogP contribution >= 0.6 is 0 Å². The van der Waals surface area contributed by atoms with Crippen molar-refractivity contribution < 1.29 is 14.6 Å². The molecule has 0 amide bonds. The molecule has 0 aliphatic rings. The van der Waals surface area contributed by atoms with Gasteiger partial charge in [0.25, 0.3) is 0 Å². The van der Waals surface area contributed by atoms with Gasteiger partial charge in [-0.1, -0.05) is 36.4 Å². The monoisotopic (exact) mass is 273 g/mol. The Kier molecular flexibility index (Phi) is 4.98. The second-order valence-electron chi connectivity index (χ2n) is 4.47. The molecule has 0 bridgehead atoms. The average molecular weight is 273 g/mol. The van der Waals surface area contributed by atoms with Crippen LogP contribution in [0.5, 0.6) is 11.5 Å². The summed E-state index contributed by atoms with van der Waals surface area (Å²) in [5.74, 6) is 1.27. The summed E-state index contributed by atoms with van der Waals surface area (Å²) in [6, 6.07) is 14.9. The molecule has 0 spiro atoms. The van der Waals surface area contributed by atoms with E-state index < -0.39 is 6.04 Å². The zero-order valence-corrected chi connectivity index (χ0v) is 11.5. The van der Waals surface area contributed by atoms with Crippen LogP contribution in [-0.4, -0.2) is 18.8 Å². The van der Waals surface area contributed by atoms with Crippen LogP contribution in [0, 0.1) is 0 Å². The van der Waals surface area contributed by atoms with Gasteiger partial charge in [0.15, 0.2) is 11.5 Å². The Morgan fingerprint density at radius 3 is 2.50 bits per heavy atom. The minimum absolute atomic E-state index is 0.104. The number of methoxy groups -OCH3 is 1. The molecule has 0 unspecified atom stereocenters. The molecule has 0 aromatic heterocycles. The average Bonchev–Trinajstić information content (AvgIpc) is 2.53. The second kappa shape index (κ2) is 6.93. The zero-order chi connectivity index (χ0) is 14.4. The van der Waals surface area contributed by atoms with Crippen LogP contribution in [0.15, 0.2) is 48.5 Å². The summed E-state index contributed by atoms with van der Waals surface area (Å²) in [4.78, 5) is 0. The molecule has 3 N–H and O–H groups in total. The fraction of sp³-hybridized carbons (Fsp3) is 0.250. The molecule has 0 saturated carbocycles. The Morgan fingerprint density at radius 1 is 1.10 bits per heavy atom. The van der Waals surface area contributed by atoms with Crippen LogP contribution < -0.4 is 15.2 Å². The summed E-state index contributed by atoms with van der Waals surface area (Å²) in [5, 5.41) is 9.08. The number of nitrogens with two attached hydrogens (primary N) is 1. The maximum Gasteiger partial charge on any atom is 0.161 e. The van der Waals surface area contributed by atoms with Crippen LogP contribution in [0.4, 0.5) is 0 Å². The van der Waals surface area contributed by atoms with E-state index in [1.807, 2.05) is 42.5 Å². The van der Waals surface area contributed by atoms with Crippen LogP contribution in [0.25, 0.3) is 0 Å². The molecule has 4 heteroatoms. The normalized spacial score (nSPS) is 11.9. The van der Waals surface area contributed by atoms with E-state index in [4.69, 9.17) is 20.3 Å². The number of hydrogen-bond donors (Lipinski definition) is 2. The summed E-state index contributed by atoms with van der Waals surface area (Å²) < 4.78 is 11.1. The van der Waals surface area contributed by atoms with Gasteiger partial charge in [-0.2, -0.15) is 0 Å². The van der Waals surface area contributed by atoms with E-state index in [0.29, 0.717) is 18.1 Å². The predicted octanol–water partition coefficient (Wildman–Crippen LogP) is 2.27. The van der Waals surface area contributed by atoms with E-state index in [1.165, 1.54) is 0 Å². The maximum atomic E-state index is 9.08. The summed E-state index contributed by atoms with van der Waals surface area (Å²) in [7, 11) is 1.58. The lowest BCUT2D eigenvalue weighted by Gasteiger charge is -2.14. The van der Waals surface area contributed by atoms with E-state index >= 15 is 0 Å². The molecule has 0 heterocycles. The number of ether oxygens (including phenoxy) is 2. The van der Waals surface area contributed by atoms with Gasteiger partial charge in [-0.25, -0.2) is 0 Å². The Bertz CT molecular complexity index is 543. The van der Waals surface area contributed by atoms with Crippen molar-refractivity contribution in [2.24, 2.45) is 5.73 Å². The zero-order valence-electron chi connectivity index (χ0n) is 11.5. The molecule has 2 rings (SSSR count). The molecular formula is C16H19NO3. The van der Waals surface area contributed by atoms with Crippen molar-refractivity contribution in [3.8, 4) is 11.5 Å². The second-order valence-corrected chi connectivity index (χ2v) is 4.47. The standard InChI is InChI=1S/C16H19NO3/c1-19-16-9-13(14(17)10-18)7-8-15(16)20-11-12-5-3-2-4-6-12/h2-9,14,18H,10-11,17H2,1H3/t14-/m0/s1. The van der Waals surface area contributed by atoms with Crippen molar-refractivity contribution in [1.29, 1.82) is 0 Å². The van der Waals surface area contributed by atoms with E-state index in [9.17, 15) is 0 Å². The molecule has 0 fully saturated rings. The smallest absolute Gasteiger partial charge is 0.161 e. The first-order valence-electron chi connectivity index (χ1n) is 6.45. The fourth-order valence-corrected chi connectivity index (χ4v) is 1.87. The number of aliphatic hydroxyl groups excluding tert-OH is 1. The van der Waals surface area contributed by atoms with Crippen molar-refractivity contribution in [2.75, 3.05) is 13.7 Å². The summed E-state index contributed by atoms with van der Waals surface area (Å²) in [6.45, 7) is 0.371. The third-order valence-electron chi connectivity index (χ3n) is 3.05. The first-order chi connectivity index (χ1) is 9.74. The number of benzene rings is 2. The summed E-state index contributed by atoms with van der Waals surface area (Å²) in [5.41, 5.74) is 7.69. The van der Waals surface area contributed by atoms with Gasteiger partial charge in [0.1, 0.15) is 6.61 Å². The number of hydrogen-bond acceptors (Lipinski definition) is 4. The molecule has 2 aromatic rings. The van der Waals surface area contributed by atoms with Gasteiger partial charge in [0, 0.05) is 0 Å². The van der Waals surface area contributed by atoms with E-state index in [0.717, 1.165) is 11.1 Å². The Balaban J connectivity index is 2.11. The molecule has 0 saturated heterocycles. The van der Waals surface area contributed by atoms with E-state index in [2.05, 4.69) is 0 Å². The molecule has 0 radical (unpaired) electrons. The van der Waals surface area contributed by atoms with Crippen LogP contribution in [0.3, 0.4) is 0 Å². The first-order valence-corrected chi connectivity index (χ1v) is 6.45. The lowest BCUT2D eigenvalue weighted by molar-refractivity contribution is 0.266. The van der Waals surface area contributed by atoms with Gasteiger partial charge >= 0.3 is 0 Å². The van der Waals surface area contributed by atoms with Gasteiger partial charge in [-0.3, -0.25) is 0 Å². The third kappa shape index (κ3) is 3.50. The molecule has 1 atom stereocenters. The SMILES string of the molecule is COc1cc([C@@H](N)CO)ccc1OCc1ccccc1. The predicted molar refractivity (Wildman–Crippen MR) is 77.8 cm³/mol. The van der Waals surface area contributed by atoms with Gasteiger partial charge in [-0.05, 0) is 23.3 Å². The van der Waals surface area contributed by atoms with Crippen molar-refractivity contribution in [3.63, 3.8) is 0 Å². The van der Waals surface area contributed by atoms with Crippen LogP contribution in [0.1, 0.15) is 17.2 Å². The quantitative estimate of drug-likeness (QED) is 0.847. The molecular weight excluding hydrogens is 254 g/mol. The lowest BCUT2D eigenvalue weighted by Crippen LogP contribution is -2.14. The van der Waals surface area contributed by atoms with Crippen molar-refractivity contribution in [1.82, 2.24) is 0 Å². The van der Waals surface area contributed by atoms with Crippen molar-refractivity contribution in [3.05, 3.63) is 59.7 Å². The maximum absolute atomic E-state index is 9.08. The molecule has 0 aliphatic heterocycles. The van der Waals surface area contributed by atoms with E-state index in [-0.39, 0.29) is 6.61 Å². The van der Waals surface area contributed by atoms with Gasteiger partial charge in [-0.15, -0.1) is 0 Å². The molecule has 106 valence electrons. The first kappa shape index (κ1) is 14.4. The Labute approximate surface area is 118 Å². The largest absolute Gasteiger partial charge is 0.493 e. The minimum atomic E-state index is -0.410. The molecule has 20 heavy (non-hydrogen) atoms. The molecule has 0 aliphatic carbocycles. The highest BCUT2D eigenvalue weighted by Gasteiger charge is 2.10. The fourth-order valence-electron chi connectivity index (χ4n) is 1.87. The third-order valence-corrected chi connectivity index (χ3v) is 3.05. The van der Waals surface area contributed by atoms with E-state index in [1.54, 1.807) is 13.2 Å². The Morgan fingerprint density at radius 2 is 1.85 bits per heavy atom. The Hall–Kier alpha value is -2.04. The van der Waals surface area contributed by atoms with Gasteiger partial charge in [0.05, 0.1) is 19.8 Å². The molecule has 4 nitrogen and oxygen atoms in total. The highest BCUT2D eigenvalue weighted by molar-refractivity contribution is 5.44. The number of rotatable bonds is 6. The topological polar surface area (TPSA) is 64.7 Å². The van der Waals surface area contributed by atoms with Crippen molar-refractivity contribution >= 4 is 0 Å².